The molecule has 0 bridgehead atoms. The van der Waals surface area contributed by atoms with Gasteiger partial charge in [0.2, 0.25) is 0 Å². The lowest BCUT2D eigenvalue weighted by molar-refractivity contribution is 0.404. The Kier molecular flexibility index (Phi) is 2.67. The number of aromatic nitrogens is 1. The molecule has 15 heavy (non-hydrogen) atoms. The molecule has 1 N–H and O–H groups in total. The number of hydrogen-bond donors (Lipinski definition) is 1. The molecule has 0 radical (unpaired) electrons. The van der Waals surface area contributed by atoms with Crippen molar-refractivity contribution in [3.63, 3.8) is 0 Å². The molecule has 2 aromatic rings. The fraction of sp³-hybridized carbons (Fsp3) is 0.273. The van der Waals surface area contributed by atoms with Crippen LogP contribution in [0.3, 0.4) is 0 Å². The SMILES string of the molecule is CN(C)Cc1c[nH]c2cc(F)c(Cl)cc12. The molecule has 80 valence electrons. The molecule has 0 unspecified atom stereocenters. The van der Waals surface area contributed by atoms with Crippen molar-refractivity contribution in [3.05, 3.63) is 34.7 Å². The van der Waals surface area contributed by atoms with Crippen LogP contribution in [-0.4, -0.2) is 24.0 Å². The van der Waals surface area contributed by atoms with Gasteiger partial charge in [0.1, 0.15) is 5.82 Å². The largest absolute Gasteiger partial charge is 0.361 e. The van der Waals surface area contributed by atoms with Crippen LogP contribution in [0.15, 0.2) is 18.3 Å². The molecule has 0 atom stereocenters. The van der Waals surface area contributed by atoms with Crippen LogP contribution >= 0.6 is 11.6 Å². The molecule has 1 aromatic heterocycles. The molecule has 0 saturated carbocycles. The van der Waals surface area contributed by atoms with Crippen molar-refractivity contribution in [3.8, 4) is 0 Å². The van der Waals surface area contributed by atoms with E-state index in [1.165, 1.54) is 6.07 Å². The molecule has 0 aliphatic heterocycles. The summed E-state index contributed by atoms with van der Waals surface area (Å²) >= 11 is 5.75. The first-order valence-corrected chi connectivity index (χ1v) is 5.05. The summed E-state index contributed by atoms with van der Waals surface area (Å²) in [7, 11) is 3.98. The van der Waals surface area contributed by atoms with Crippen LogP contribution < -0.4 is 0 Å². The average molecular weight is 227 g/mol. The van der Waals surface area contributed by atoms with E-state index in [4.69, 9.17) is 11.6 Å². The second-order valence-electron chi connectivity index (χ2n) is 3.86. The fourth-order valence-electron chi connectivity index (χ4n) is 1.65. The topological polar surface area (TPSA) is 19.0 Å². The number of aromatic amines is 1. The lowest BCUT2D eigenvalue weighted by Gasteiger charge is -2.08. The first kappa shape index (κ1) is 10.5. The molecule has 4 heteroatoms. The maximum absolute atomic E-state index is 13.2. The Morgan fingerprint density at radius 3 is 2.80 bits per heavy atom. The monoisotopic (exact) mass is 226 g/mol. The van der Waals surface area contributed by atoms with Gasteiger partial charge in [-0.1, -0.05) is 11.6 Å². The molecular formula is C11H12ClFN2. The number of nitrogens with one attached hydrogen (secondary N) is 1. The predicted octanol–water partition coefficient (Wildman–Crippen LogP) is 3.02. The van der Waals surface area contributed by atoms with E-state index in [-0.39, 0.29) is 10.8 Å². The van der Waals surface area contributed by atoms with Crippen molar-refractivity contribution in [2.24, 2.45) is 0 Å². The highest BCUT2D eigenvalue weighted by Gasteiger charge is 2.08. The highest BCUT2D eigenvalue weighted by molar-refractivity contribution is 6.31. The van der Waals surface area contributed by atoms with Crippen molar-refractivity contribution >= 4 is 22.5 Å². The van der Waals surface area contributed by atoms with Crippen LogP contribution in [0.25, 0.3) is 10.9 Å². The molecule has 0 fully saturated rings. The number of benzene rings is 1. The Bertz CT molecular complexity index is 491. The summed E-state index contributed by atoms with van der Waals surface area (Å²) in [6.07, 6.45) is 1.89. The summed E-state index contributed by atoms with van der Waals surface area (Å²) in [6.45, 7) is 0.808. The molecule has 2 rings (SSSR count). The summed E-state index contributed by atoms with van der Waals surface area (Å²) < 4.78 is 13.2. The number of H-pyrrole nitrogens is 1. The maximum Gasteiger partial charge on any atom is 0.143 e. The zero-order valence-electron chi connectivity index (χ0n) is 8.64. The van der Waals surface area contributed by atoms with Crippen LogP contribution in [0.1, 0.15) is 5.56 Å². The Morgan fingerprint density at radius 1 is 1.40 bits per heavy atom. The fourth-order valence-corrected chi connectivity index (χ4v) is 1.81. The van der Waals surface area contributed by atoms with Gasteiger partial charge in [-0.2, -0.15) is 0 Å². The summed E-state index contributed by atoms with van der Waals surface area (Å²) in [5.74, 6) is -0.387. The van der Waals surface area contributed by atoms with Crippen molar-refractivity contribution < 1.29 is 4.39 Å². The predicted molar refractivity (Wildman–Crippen MR) is 60.7 cm³/mol. The van der Waals surface area contributed by atoms with E-state index < -0.39 is 0 Å². The quantitative estimate of drug-likeness (QED) is 0.834. The van der Waals surface area contributed by atoms with Gasteiger partial charge in [-0.15, -0.1) is 0 Å². The normalized spacial score (nSPS) is 11.5. The Hall–Kier alpha value is -1.06. The van der Waals surface area contributed by atoms with Gasteiger partial charge in [-0.05, 0) is 31.8 Å². The smallest absolute Gasteiger partial charge is 0.143 e. The third-order valence-electron chi connectivity index (χ3n) is 2.29. The van der Waals surface area contributed by atoms with Crippen LogP contribution in [-0.2, 0) is 6.54 Å². The molecule has 0 amide bonds. The summed E-state index contributed by atoms with van der Waals surface area (Å²) in [5.41, 5.74) is 1.91. The molecule has 0 saturated heterocycles. The summed E-state index contributed by atoms with van der Waals surface area (Å²) in [5, 5.41) is 1.15. The minimum atomic E-state index is -0.387. The first-order valence-electron chi connectivity index (χ1n) is 4.67. The van der Waals surface area contributed by atoms with Crippen molar-refractivity contribution in [1.29, 1.82) is 0 Å². The van der Waals surface area contributed by atoms with E-state index >= 15 is 0 Å². The van der Waals surface area contributed by atoms with E-state index in [9.17, 15) is 4.39 Å². The first-order chi connectivity index (χ1) is 7.08. The Labute approximate surface area is 92.6 Å². The van der Waals surface area contributed by atoms with Gasteiger partial charge in [-0.25, -0.2) is 4.39 Å². The third-order valence-corrected chi connectivity index (χ3v) is 2.58. The molecule has 1 aromatic carbocycles. The maximum atomic E-state index is 13.2. The van der Waals surface area contributed by atoms with Gasteiger partial charge in [0.25, 0.3) is 0 Å². The molecular weight excluding hydrogens is 215 g/mol. The van der Waals surface area contributed by atoms with E-state index in [1.807, 2.05) is 20.3 Å². The Balaban J connectivity index is 2.54. The third kappa shape index (κ3) is 1.98. The highest BCUT2D eigenvalue weighted by atomic mass is 35.5. The molecule has 0 aliphatic carbocycles. The standard InChI is InChI=1S/C11H12ClFN2/c1-15(2)6-7-5-14-11-4-10(13)9(12)3-8(7)11/h3-5,14H,6H2,1-2H3. The van der Waals surface area contributed by atoms with Crippen LogP contribution in [0.5, 0.6) is 0 Å². The lowest BCUT2D eigenvalue weighted by atomic mass is 10.1. The van der Waals surface area contributed by atoms with E-state index in [1.54, 1.807) is 6.07 Å². The van der Waals surface area contributed by atoms with Crippen LogP contribution in [0.2, 0.25) is 5.02 Å². The zero-order chi connectivity index (χ0) is 11.0. The summed E-state index contributed by atoms with van der Waals surface area (Å²) in [4.78, 5) is 5.09. The minimum absolute atomic E-state index is 0.169. The van der Waals surface area contributed by atoms with Crippen LogP contribution in [0.4, 0.5) is 4.39 Å². The van der Waals surface area contributed by atoms with Crippen molar-refractivity contribution in [2.75, 3.05) is 14.1 Å². The number of hydrogen-bond acceptors (Lipinski definition) is 1. The number of halogens is 2. The van der Waals surface area contributed by atoms with Crippen LogP contribution in [0, 0.1) is 5.82 Å². The highest BCUT2D eigenvalue weighted by Crippen LogP contribution is 2.25. The molecule has 1 heterocycles. The van der Waals surface area contributed by atoms with Gasteiger partial charge >= 0.3 is 0 Å². The molecule has 0 spiro atoms. The lowest BCUT2D eigenvalue weighted by Crippen LogP contribution is -2.10. The molecule has 0 aliphatic rings. The average Bonchev–Trinajstić information content (AvgIpc) is 2.49. The van der Waals surface area contributed by atoms with Crippen molar-refractivity contribution in [1.82, 2.24) is 9.88 Å². The Morgan fingerprint density at radius 2 is 2.13 bits per heavy atom. The number of rotatable bonds is 2. The molecule has 2 nitrogen and oxygen atoms in total. The van der Waals surface area contributed by atoms with E-state index in [0.717, 1.165) is 23.0 Å². The van der Waals surface area contributed by atoms with Crippen molar-refractivity contribution in [2.45, 2.75) is 6.54 Å². The van der Waals surface area contributed by atoms with Gasteiger partial charge < -0.3 is 9.88 Å². The van der Waals surface area contributed by atoms with Gasteiger partial charge in [-0.3, -0.25) is 0 Å². The summed E-state index contributed by atoms with van der Waals surface area (Å²) in [6, 6.07) is 3.10. The zero-order valence-corrected chi connectivity index (χ0v) is 9.40. The number of fused-ring (bicyclic) bond motifs is 1. The van der Waals surface area contributed by atoms with Gasteiger partial charge in [0, 0.05) is 23.6 Å². The minimum Gasteiger partial charge on any atom is -0.361 e. The number of nitrogens with zero attached hydrogens (tertiary/aromatic N) is 1. The second-order valence-corrected chi connectivity index (χ2v) is 4.27. The second kappa shape index (κ2) is 3.83. The van der Waals surface area contributed by atoms with E-state index in [2.05, 4.69) is 9.88 Å². The van der Waals surface area contributed by atoms with Gasteiger partial charge in [0.05, 0.1) is 5.02 Å². The van der Waals surface area contributed by atoms with Gasteiger partial charge in [0.15, 0.2) is 0 Å². The van der Waals surface area contributed by atoms with E-state index in [0.29, 0.717) is 0 Å².